The number of aryl methyl sites for hydroxylation is 1. The predicted octanol–water partition coefficient (Wildman–Crippen LogP) is 1.59. The molecule has 1 aromatic rings. The fraction of sp³-hybridized carbons (Fsp3) is 0.647. The topological polar surface area (TPSA) is 48.5 Å². The van der Waals surface area contributed by atoms with Crippen molar-refractivity contribution >= 4 is 5.91 Å². The first-order chi connectivity index (χ1) is 10.6. The number of rotatable bonds is 5. The second-order valence-electron chi connectivity index (χ2n) is 6.22. The van der Waals surface area contributed by atoms with E-state index in [1.54, 1.807) is 0 Å². The molecule has 1 N–H and O–H groups in total. The maximum atomic E-state index is 12.3. The monoisotopic (exact) mass is 304 g/mol. The number of pyridine rings is 1. The molecule has 1 amide bonds. The molecule has 0 aliphatic carbocycles. The summed E-state index contributed by atoms with van der Waals surface area (Å²) in [6.07, 6.45) is 3.79. The first kappa shape index (κ1) is 16.9. The van der Waals surface area contributed by atoms with E-state index in [2.05, 4.69) is 40.1 Å². The summed E-state index contributed by atoms with van der Waals surface area (Å²) in [6, 6.07) is 4.03. The van der Waals surface area contributed by atoms with Crippen LogP contribution in [-0.2, 0) is 4.79 Å². The molecule has 0 aromatic carbocycles. The lowest BCUT2D eigenvalue weighted by molar-refractivity contribution is -0.123. The average molecular weight is 304 g/mol. The van der Waals surface area contributed by atoms with E-state index in [0.29, 0.717) is 6.54 Å². The van der Waals surface area contributed by atoms with E-state index in [4.69, 9.17) is 0 Å². The van der Waals surface area contributed by atoms with Gasteiger partial charge in [0.15, 0.2) is 0 Å². The maximum Gasteiger partial charge on any atom is 0.234 e. The van der Waals surface area contributed by atoms with Crippen LogP contribution in [-0.4, -0.2) is 60.5 Å². The van der Waals surface area contributed by atoms with Crippen LogP contribution in [0, 0.1) is 6.92 Å². The molecule has 122 valence electrons. The highest BCUT2D eigenvalue weighted by molar-refractivity contribution is 5.78. The van der Waals surface area contributed by atoms with E-state index < -0.39 is 0 Å². The zero-order valence-electron chi connectivity index (χ0n) is 14.0. The number of hydrogen-bond acceptors (Lipinski definition) is 4. The Labute approximate surface area is 133 Å². The van der Waals surface area contributed by atoms with E-state index in [9.17, 15) is 4.79 Å². The molecule has 2 heterocycles. The number of hydrogen-bond donors (Lipinski definition) is 1. The van der Waals surface area contributed by atoms with E-state index in [1.807, 2.05) is 19.2 Å². The highest BCUT2D eigenvalue weighted by Gasteiger charge is 2.18. The summed E-state index contributed by atoms with van der Waals surface area (Å²) in [5, 5.41) is 3.13. The van der Waals surface area contributed by atoms with Crippen molar-refractivity contribution in [3.63, 3.8) is 0 Å². The van der Waals surface area contributed by atoms with Gasteiger partial charge in [0.05, 0.1) is 18.3 Å². The van der Waals surface area contributed by atoms with Crippen molar-refractivity contribution in [2.75, 3.05) is 39.8 Å². The molecule has 22 heavy (non-hydrogen) atoms. The molecule has 5 heteroatoms. The van der Waals surface area contributed by atoms with Gasteiger partial charge in [0.2, 0.25) is 5.91 Å². The molecule has 1 aliphatic heterocycles. The van der Waals surface area contributed by atoms with Crippen LogP contribution in [0.15, 0.2) is 18.3 Å². The third-order valence-electron chi connectivity index (χ3n) is 4.22. The van der Waals surface area contributed by atoms with Crippen molar-refractivity contribution < 1.29 is 4.79 Å². The van der Waals surface area contributed by atoms with Gasteiger partial charge in [-0.3, -0.25) is 14.7 Å². The van der Waals surface area contributed by atoms with Gasteiger partial charge in [0, 0.05) is 19.3 Å². The molecule has 5 nitrogen and oxygen atoms in total. The van der Waals surface area contributed by atoms with Crippen molar-refractivity contribution in [1.82, 2.24) is 20.1 Å². The van der Waals surface area contributed by atoms with Crippen molar-refractivity contribution in [3.05, 3.63) is 29.6 Å². The summed E-state index contributed by atoms with van der Waals surface area (Å²) in [6.45, 7) is 8.72. The molecule has 1 saturated heterocycles. The Morgan fingerprint density at radius 1 is 1.36 bits per heavy atom. The molecule has 1 fully saturated rings. The molecular weight excluding hydrogens is 276 g/mol. The van der Waals surface area contributed by atoms with Gasteiger partial charge in [-0.2, -0.15) is 0 Å². The van der Waals surface area contributed by atoms with E-state index in [-0.39, 0.29) is 11.9 Å². The van der Waals surface area contributed by atoms with Crippen LogP contribution in [0.25, 0.3) is 0 Å². The number of nitrogens with zero attached hydrogens (tertiary/aromatic N) is 3. The number of aromatic nitrogens is 1. The molecule has 0 spiro atoms. The van der Waals surface area contributed by atoms with Crippen LogP contribution < -0.4 is 5.32 Å². The van der Waals surface area contributed by atoms with Crippen molar-refractivity contribution in [2.24, 2.45) is 0 Å². The quantitative estimate of drug-likeness (QED) is 0.897. The second kappa shape index (κ2) is 8.25. The summed E-state index contributed by atoms with van der Waals surface area (Å²) in [4.78, 5) is 21.3. The van der Waals surface area contributed by atoms with Crippen LogP contribution in [0.1, 0.15) is 37.1 Å². The van der Waals surface area contributed by atoms with Crippen molar-refractivity contribution in [2.45, 2.75) is 32.7 Å². The standard InChI is InChI=1S/C17H28N4O/c1-4-15(16-12-14(2)6-7-18-16)19-17(22)13-21-9-5-8-20(3)10-11-21/h6-7,12,15H,4-5,8-11,13H2,1-3H3,(H,19,22)/t15-/m1/s1. The Balaban J connectivity index is 1.89. The van der Waals surface area contributed by atoms with E-state index in [0.717, 1.165) is 44.7 Å². The smallest absolute Gasteiger partial charge is 0.234 e. The number of carbonyl (C=O) groups excluding carboxylic acids is 1. The molecular formula is C17H28N4O. The van der Waals surface area contributed by atoms with Crippen molar-refractivity contribution in [1.29, 1.82) is 0 Å². The summed E-state index contributed by atoms with van der Waals surface area (Å²) in [5.74, 6) is 0.0970. The minimum absolute atomic E-state index is 0.00190. The Morgan fingerprint density at radius 2 is 2.18 bits per heavy atom. The van der Waals surface area contributed by atoms with E-state index >= 15 is 0 Å². The van der Waals surface area contributed by atoms with Gasteiger partial charge in [-0.1, -0.05) is 6.92 Å². The first-order valence-corrected chi connectivity index (χ1v) is 8.21. The average Bonchev–Trinajstić information content (AvgIpc) is 2.69. The normalized spacial score (nSPS) is 18.7. The third kappa shape index (κ3) is 5.07. The zero-order chi connectivity index (χ0) is 15.9. The highest BCUT2D eigenvalue weighted by Crippen LogP contribution is 2.15. The molecule has 0 bridgehead atoms. The van der Waals surface area contributed by atoms with E-state index in [1.165, 1.54) is 5.56 Å². The molecule has 1 aliphatic rings. The number of amides is 1. The summed E-state index contributed by atoms with van der Waals surface area (Å²) >= 11 is 0. The fourth-order valence-corrected chi connectivity index (χ4v) is 2.84. The summed E-state index contributed by atoms with van der Waals surface area (Å²) in [5.41, 5.74) is 2.12. The molecule has 0 saturated carbocycles. The zero-order valence-corrected chi connectivity index (χ0v) is 14.0. The maximum absolute atomic E-state index is 12.3. The van der Waals surface area contributed by atoms with Crippen LogP contribution in [0.5, 0.6) is 0 Å². The fourth-order valence-electron chi connectivity index (χ4n) is 2.84. The van der Waals surface area contributed by atoms with Crippen LogP contribution in [0.2, 0.25) is 0 Å². The number of nitrogens with one attached hydrogen (secondary N) is 1. The van der Waals surface area contributed by atoms with Gasteiger partial charge in [-0.25, -0.2) is 0 Å². The predicted molar refractivity (Wildman–Crippen MR) is 88.7 cm³/mol. The minimum Gasteiger partial charge on any atom is -0.347 e. The van der Waals surface area contributed by atoms with Gasteiger partial charge >= 0.3 is 0 Å². The van der Waals surface area contributed by atoms with Gasteiger partial charge in [0.1, 0.15) is 0 Å². The van der Waals surface area contributed by atoms with Crippen LogP contribution in [0.4, 0.5) is 0 Å². The first-order valence-electron chi connectivity index (χ1n) is 8.21. The Bertz CT molecular complexity index is 491. The Kier molecular flexibility index (Phi) is 6.34. The second-order valence-corrected chi connectivity index (χ2v) is 6.22. The molecule has 0 radical (unpaired) electrons. The lowest BCUT2D eigenvalue weighted by atomic mass is 10.1. The van der Waals surface area contributed by atoms with Crippen molar-refractivity contribution in [3.8, 4) is 0 Å². The lowest BCUT2D eigenvalue weighted by Crippen LogP contribution is -2.40. The number of carbonyl (C=O) groups is 1. The summed E-state index contributed by atoms with van der Waals surface area (Å²) < 4.78 is 0. The molecule has 1 aromatic heterocycles. The summed E-state index contributed by atoms with van der Waals surface area (Å²) in [7, 11) is 2.14. The Morgan fingerprint density at radius 3 is 2.91 bits per heavy atom. The van der Waals surface area contributed by atoms with Crippen LogP contribution in [0.3, 0.4) is 0 Å². The van der Waals surface area contributed by atoms with Gasteiger partial charge < -0.3 is 10.2 Å². The highest BCUT2D eigenvalue weighted by atomic mass is 16.2. The molecule has 2 rings (SSSR count). The molecule has 0 unspecified atom stereocenters. The SMILES string of the molecule is CC[C@@H](NC(=O)CN1CCCN(C)CC1)c1cc(C)ccn1. The lowest BCUT2D eigenvalue weighted by Gasteiger charge is -2.22. The van der Waals surface area contributed by atoms with Gasteiger partial charge in [-0.05, 0) is 57.6 Å². The Hall–Kier alpha value is -1.46. The van der Waals surface area contributed by atoms with Gasteiger partial charge in [-0.15, -0.1) is 0 Å². The number of likely N-dealkylation sites (N-methyl/N-ethyl adjacent to an activating group) is 1. The largest absolute Gasteiger partial charge is 0.347 e. The van der Waals surface area contributed by atoms with Crippen LogP contribution >= 0.6 is 0 Å². The molecule has 1 atom stereocenters. The van der Waals surface area contributed by atoms with Gasteiger partial charge in [0.25, 0.3) is 0 Å². The minimum atomic E-state index is 0.00190. The third-order valence-corrected chi connectivity index (χ3v) is 4.22.